The van der Waals surface area contributed by atoms with E-state index in [0.717, 1.165) is 33.7 Å². The van der Waals surface area contributed by atoms with Gasteiger partial charge in [-0.1, -0.05) is 130 Å². The number of nitrogens with zero attached hydrogens (tertiary/aromatic N) is 6. The summed E-state index contributed by atoms with van der Waals surface area (Å²) in [5, 5.41) is 15.9. The van der Waals surface area contributed by atoms with Gasteiger partial charge in [-0.2, -0.15) is 0 Å². The molecule has 0 saturated heterocycles. The molecule has 0 radical (unpaired) electrons. The normalized spacial score (nSPS) is 12.0. The highest BCUT2D eigenvalue weighted by molar-refractivity contribution is 8.76. The summed E-state index contributed by atoms with van der Waals surface area (Å²) in [5.74, 6) is -5.38. The molecule has 2 unspecified atom stereocenters. The van der Waals surface area contributed by atoms with Gasteiger partial charge in [0.15, 0.2) is 23.2 Å². The maximum absolute atomic E-state index is 15.2. The Balaban J connectivity index is 1.19. The summed E-state index contributed by atoms with van der Waals surface area (Å²) in [6.07, 6.45) is 0. The molecule has 0 fully saturated rings. The predicted molar refractivity (Wildman–Crippen MR) is 262 cm³/mol. The van der Waals surface area contributed by atoms with Crippen LogP contribution in [-0.4, -0.2) is 66.1 Å². The van der Waals surface area contributed by atoms with Gasteiger partial charge in [-0.15, -0.1) is 20.4 Å². The van der Waals surface area contributed by atoms with Crippen molar-refractivity contribution in [3.8, 4) is 11.4 Å². The number of hydrogen-bond acceptors (Lipinski definition) is 14. The lowest BCUT2D eigenvalue weighted by Gasteiger charge is -2.21. The quantitative estimate of drug-likeness (QED) is 0.0441. The van der Waals surface area contributed by atoms with Crippen LogP contribution in [0.1, 0.15) is 86.4 Å². The molecule has 70 heavy (non-hydrogen) atoms. The Morgan fingerprint density at radius 3 is 1.26 bits per heavy atom. The largest absolute Gasteiger partial charge is 0.455 e. The summed E-state index contributed by atoms with van der Waals surface area (Å²) in [6.45, 7) is -0.538. The van der Waals surface area contributed by atoms with E-state index >= 15 is 8.78 Å². The van der Waals surface area contributed by atoms with Crippen molar-refractivity contribution in [2.24, 2.45) is 11.5 Å². The fraction of sp³-hybridized carbons (Fsp3) is 0.120. The van der Waals surface area contributed by atoms with Crippen LogP contribution in [0, 0.1) is 11.6 Å². The molecule has 2 atom stereocenters. The molecule has 0 bridgehead atoms. The molecule has 2 heterocycles. The molecular weight excluding hydrogens is 982 g/mol. The number of rotatable bonds is 19. The molecule has 0 amide bonds. The van der Waals surface area contributed by atoms with Crippen molar-refractivity contribution in [3.05, 3.63) is 224 Å². The van der Waals surface area contributed by atoms with Gasteiger partial charge in [0.2, 0.25) is 11.6 Å². The second kappa shape index (κ2) is 22.6. The van der Waals surface area contributed by atoms with E-state index in [9.17, 15) is 19.2 Å². The number of carbonyl (C=O) groups is 4. The number of benzene rings is 6. The number of hydrogen-bond donors (Lipinski definition) is 2. The van der Waals surface area contributed by atoms with Crippen LogP contribution in [0.3, 0.4) is 0 Å². The first-order valence-corrected chi connectivity index (χ1v) is 24.2. The second-order valence-electron chi connectivity index (χ2n) is 15.1. The van der Waals surface area contributed by atoms with Crippen LogP contribution in [0.25, 0.3) is 11.4 Å². The van der Waals surface area contributed by atoms with Crippen LogP contribution < -0.4 is 11.5 Å². The van der Waals surface area contributed by atoms with Crippen molar-refractivity contribution in [1.82, 2.24) is 29.5 Å². The Kier molecular flexibility index (Phi) is 15.9. The Morgan fingerprint density at radius 2 is 0.886 bits per heavy atom. The summed E-state index contributed by atoms with van der Waals surface area (Å²) in [6, 6.07) is 37.3. The number of aromatic nitrogens is 6. The standard InChI is InChI=1S/C50H38Cl2F2N8O6S2/c51-31-19-21-39(35(23-31)43(63)33-15-7-9-17-37(33)53)61-45(57-59-47(61)49(65)67-27-29-11-3-1-4-12-29)41(25-55)69-70-42(26-56)46-58-60-48(50(66)68-28-30-13-5-2-6-14-30)62(46)40-22-20-32(52)24-36(40)44(64)34-16-8-10-18-38(34)54/h1-24,41-42H,25-28,55-56H2. The minimum atomic E-state index is -0.904. The monoisotopic (exact) mass is 1020 g/mol. The van der Waals surface area contributed by atoms with Gasteiger partial charge >= 0.3 is 11.9 Å². The molecule has 14 nitrogen and oxygen atoms in total. The summed E-state index contributed by atoms with van der Waals surface area (Å²) in [5.41, 5.74) is 13.8. The average molecular weight is 1020 g/mol. The van der Waals surface area contributed by atoms with Crippen molar-refractivity contribution in [1.29, 1.82) is 0 Å². The van der Waals surface area contributed by atoms with E-state index in [0.29, 0.717) is 11.1 Å². The zero-order chi connectivity index (χ0) is 49.3. The maximum Gasteiger partial charge on any atom is 0.377 e. The molecular formula is C50H38Cl2F2N8O6S2. The molecule has 0 saturated carbocycles. The van der Waals surface area contributed by atoms with Crippen molar-refractivity contribution in [2.75, 3.05) is 13.1 Å². The van der Waals surface area contributed by atoms with Gasteiger partial charge in [0.1, 0.15) is 24.8 Å². The van der Waals surface area contributed by atoms with E-state index in [4.69, 9.17) is 44.1 Å². The van der Waals surface area contributed by atoms with E-state index in [2.05, 4.69) is 20.4 Å². The third kappa shape index (κ3) is 10.9. The van der Waals surface area contributed by atoms with E-state index in [1.54, 1.807) is 48.5 Å². The molecule has 0 aliphatic rings. The van der Waals surface area contributed by atoms with Gasteiger partial charge in [-0.05, 0) is 71.8 Å². The van der Waals surface area contributed by atoms with Gasteiger partial charge in [-0.3, -0.25) is 18.7 Å². The van der Waals surface area contributed by atoms with E-state index in [-0.39, 0.29) is 93.3 Å². The summed E-state index contributed by atoms with van der Waals surface area (Å²) in [7, 11) is 2.27. The van der Waals surface area contributed by atoms with Gasteiger partial charge < -0.3 is 20.9 Å². The van der Waals surface area contributed by atoms with Crippen LogP contribution in [-0.2, 0) is 22.7 Å². The Bertz CT molecular complexity index is 3010. The van der Waals surface area contributed by atoms with Gasteiger partial charge in [0, 0.05) is 34.3 Å². The molecule has 20 heteroatoms. The van der Waals surface area contributed by atoms with Gasteiger partial charge in [0.25, 0.3) is 0 Å². The van der Waals surface area contributed by atoms with Crippen molar-refractivity contribution in [3.63, 3.8) is 0 Å². The highest BCUT2D eigenvalue weighted by atomic mass is 35.5. The fourth-order valence-corrected chi connectivity index (χ4v) is 10.2. The lowest BCUT2D eigenvalue weighted by atomic mass is 10.0. The summed E-state index contributed by atoms with van der Waals surface area (Å²) < 4.78 is 44.4. The Morgan fingerprint density at radius 1 is 0.514 bits per heavy atom. The molecule has 8 aromatic rings. The Labute approximate surface area is 416 Å². The molecule has 0 spiro atoms. The highest BCUT2D eigenvalue weighted by Gasteiger charge is 2.34. The van der Waals surface area contributed by atoms with E-state index in [1.165, 1.54) is 81.9 Å². The SMILES string of the molecule is NCC(SSC(CN)c1nnc(C(=O)OCc2ccccc2)n1-c1ccc(Cl)cc1C(=O)c1ccccc1F)c1nnc(C(=O)OCc2ccccc2)n1-c1ccc(Cl)cc1C(=O)c1ccccc1F. The number of ketones is 2. The third-order valence-corrected chi connectivity index (χ3v) is 14.2. The number of carbonyl (C=O) groups excluding carboxylic acids is 4. The van der Waals surface area contributed by atoms with Crippen LogP contribution in [0.4, 0.5) is 8.78 Å². The van der Waals surface area contributed by atoms with E-state index < -0.39 is 45.6 Å². The average Bonchev–Trinajstić information content (AvgIpc) is 4.02. The summed E-state index contributed by atoms with van der Waals surface area (Å²) >= 11 is 12.9. The number of halogens is 4. The fourth-order valence-electron chi connectivity index (χ4n) is 7.19. The summed E-state index contributed by atoms with van der Waals surface area (Å²) in [4.78, 5) is 56.3. The molecule has 354 valence electrons. The number of nitrogens with two attached hydrogens (primary N) is 2. The zero-order valence-electron chi connectivity index (χ0n) is 36.5. The van der Waals surface area contributed by atoms with Crippen LogP contribution in [0.15, 0.2) is 146 Å². The van der Waals surface area contributed by atoms with Crippen LogP contribution in [0.2, 0.25) is 10.0 Å². The molecule has 4 N–H and O–H groups in total. The molecule has 0 aliphatic carbocycles. The second-order valence-corrected chi connectivity index (χ2v) is 18.7. The minimum Gasteiger partial charge on any atom is -0.455 e. The number of esters is 2. The van der Waals surface area contributed by atoms with Gasteiger partial charge in [0.05, 0.1) is 33.0 Å². The lowest BCUT2D eigenvalue weighted by Crippen LogP contribution is -2.21. The maximum atomic E-state index is 15.2. The van der Waals surface area contributed by atoms with Crippen LogP contribution >= 0.6 is 44.8 Å². The van der Waals surface area contributed by atoms with E-state index in [1.807, 2.05) is 12.1 Å². The predicted octanol–water partition coefficient (Wildman–Crippen LogP) is 9.69. The van der Waals surface area contributed by atoms with Crippen LogP contribution in [0.5, 0.6) is 0 Å². The lowest BCUT2D eigenvalue weighted by molar-refractivity contribution is 0.0446. The van der Waals surface area contributed by atoms with Crippen molar-refractivity contribution >= 4 is 68.3 Å². The molecule has 0 aliphatic heterocycles. The minimum absolute atomic E-state index is 0.0666. The zero-order valence-corrected chi connectivity index (χ0v) is 39.6. The first kappa shape index (κ1) is 49.4. The molecule has 2 aromatic heterocycles. The Hall–Kier alpha value is -7.06. The van der Waals surface area contributed by atoms with Crippen molar-refractivity contribution < 1.29 is 37.4 Å². The van der Waals surface area contributed by atoms with Crippen molar-refractivity contribution in [2.45, 2.75) is 23.7 Å². The first-order chi connectivity index (χ1) is 34.0. The first-order valence-electron chi connectivity index (χ1n) is 21.2. The molecule has 6 aromatic carbocycles. The topological polar surface area (TPSA) is 200 Å². The van der Waals surface area contributed by atoms with Gasteiger partial charge in [-0.25, -0.2) is 18.4 Å². The highest BCUT2D eigenvalue weighted by Crippen LogP contribution is 2.46. The smallest absolute Gasteiger partial charge is 0.377 e. The number of ether oxygens (including phenoxy) is 2. The third-order valence-electron chi connectivity index (χ3n) is 10.6. The molecule has 8 rings (SSSR count).